The molecule has 84 valence electrons. The molecule has 1 rings (SSSR count). The largest absolute Gasteiger partial charge is 0.319 e. The lowest BCUT2D eigenvalue weighted by molar-refractivity contribution is 0.476. The smallest absolute Gasteiger partial charge is 0.00197 e. The van der Waals surface area contributed by atoms with Crippen LogP contribution in [-0.2, 0) is 0 Å². The maximum atomic E-state index is 3.29. The average molecular weight is 205 g/mol. The van der Waals surface area contributed by atoms with E-state index in [0.29, 0.717) is 11.8 Å². The molecule has 0 heterocycles. The summed E-state index contributed by atoms with van der Waals surface area (Å²) in [5, 5.41) is 3.29. The molecule has 0 aliphatic rings. The molecular weight excluding hydrogens is 182 g/mol. The fourth-order valence-corrected chi connectivity index (χ4v) is 2.08. The van der Waals surface area contributed by atoms with Crippen LogP contribution in [0.4, 0.5) is 0 Å². The van der Waals surface area contributed by atoms with Gasteiger partial charge in [-0.15, -0.1) is 0 Å². The molecule has 0 amide bonds. The molecule has 0 fully saturated rings. The predicted molar refractivity (Wildman–Crippen MR) is 67.4 cm³/mol. The van der Waals surface area contributed by atoms with Gasteiger partial charge < -0.3 is 5.32 Å². The lowest BCUT2D eigenvalue weighted by atomic mass is 9.85. The molecule has 1 atom stereocenters. The zero-order valence-electron chi connectivity index (χ0n) is 10.6. The third-order valence-electron chi connectivity index (χ3n) is 3.06. The summed E-state index contributed by atoms with van der Waals surface area (Å²) in [5.74, 6) is 1.30. The van der Waals surface area contributed by atoms with Crippen LogP contribution in [0.3, 0.4) is 0 Å². The monoisotopic (exact) mass is 205 g/mol. The van der Waals surface area contributed by atoms with Gasteiger partial charge in [0.05, 0.1) is 0 Å². The topological polar surface area (TPSA) is 12.0 Å². The Morgan fingerprint density at radius 1 is 1.20 bits per heavy atom. The molecule has 0 aromatic heterocycles. The molecule has 1 heteroatoms. The predicted octanol–water partition coefficient (Wildman–Crippen LogP) is 3.26. The maximum Gasteiger partial charge on any atom is 0.00197 e. The van der Waals surface area contributed by atoms with Crippen molar-refractivity contribution in [3.8, 4) is 0 Å². The van der Waals surface area contributed by atoms with Crippen LogP contribution in [0.5, 0.6) is 0 Å². The summed E-state index contributed by atoms with van der Waals surface area (Å²) in [5.41, 5.74) is 4.27. The summed E-state index contributed by atoms with van der Waals surface area (Å²) in [4.78, 5) is 0. The van der Waals surface area contributed by atoms with Gasteiger partial charge >= 0.3 is 0 Å². The molecule has 0 aliphatic carbocycles. The second-order valence-corrected chi connectivity index (χ2v) is 4.77. The van der Waals surface area contributed by atoms with Gasteiger partial charge in [-0.05, 0) is 43.9 Å². The minimum Gasteiger partial charge on any atom is -0.319 e. The van der Waals surface area contributed by atoms with Crippen LogP contribution in [0.15, 0.2) is 18.2 Å². The quantitative estimate of drug-likeness (QED) is 0.795. The van der Waals surface area contributed by atoms with E-state index in [4.69, 9.17) is 0 Å². The molecule has 0 radical (unpaired) electrons. The van der Waals surface area contributed by atoms with Gasteiger partial charge in [0.15, 0.2) is 0 Å². The molecule has 1 aromatic rings. The van der Waals surface area contributed by atoms with Gasteiger partial charge in [0.1, 0.15) is 0 Å². The van der Waals surface area contributed by atoms with E-state index in [2.05, 4.69) is 51.2 Å². The third kappa shape index (κ3) is 3.07. The van der Waals surface area contributed by atoms with Gasteiger partial charge in [0.25, 0.3) is 0 Å². The van der Waals surface area contributed by atoms with Crippen molar-refractivity contribution >= 4 is 0 Å². The molecule has 0 saturated heterocycles. The van der Waals surface area contributed by atoms with E-state index < -0.39 is 0 Å². The van der Waals surface area contributed by atoms with E-state index in [1.165, 1.54) is 16.7 Å². The molecule has 1 nitrogen and oxygen atoms in total. The van der Waals surface area contributed by atoms with E-state index in [1.54, 1.807) is 0 Å². The number of aryl methyl sites for hydroxylation is 2. The summed E-state index contributed by atoms with van der Waals surface area (Å²) >= 11 is 0. The van der Waals surface area contributed by atoms with Crippen LogP contribution in [0, 0.1) is 19.8 Å². The van der Waals surface area contributed by atoms with Crippen LogP contribution in [0.25, 0.3) is 0 Å². The second-order valence-electron chi connectivity index (χ2n) is 4.77. The lowest BCUT2D eigenvalue weighted by Crippen LogP contribution is -2.22. The fraction of sp³-hybridized carbons (Fsp3) is 0.571. The van der Waals surface area contributed by atoms with Crippen molar-refractivity contribution in [2.24, 2.45) is 5.92 Å². The Morgan fingerprint density at radius 3 is 2.40 bits per heavy atom. The second kappa shape index (κ2) is 5.32. The molecule has 1 unspecified atom stereocenters. The van der Waals surface area contributed by atoms with Crippen LogP contribution in [0.2, 0.25) is 0 Å². The van der Waals surface area contributed by atoms with Gasteiger partial charge in [-0.3, -0.25) is 0 Å². The van der Waals surface area contributed by atoms with Crippen molar-refractivity contribution in [2.75, 3.05) is 13.6 Å². The zero-order valence-corrected chi connectivity index (χ0v) is 10.6. The average Bonchev–Trinajstić information content (AvgIpc) is 2.18. The first-order chi connectivity index (χ1) is 7.06. The number of benzene rings is 1. The summed E-state index contributed by atoms with van der Waals surface area (Å²) in [6.45, 7) is 10.0. The third-order valence-corrected chi connectivity index (χ3v) is 3.06. The van der Waals surface area contributed by atoms with E-state index in [-0.39, 0.29) is 0 Å². The Kier molecular flexibility index (Phi) is 4.34. The minimum absolute atomic E-state index is 0.620. The van der Waals surface area contributed by atoms with Crippen LogP contribution in [0.1, 0.15) is 36.5 Å². The highest BCUT2D eigenvalue weighted by Gasteiger charge is 2.16. The number of hydrogen-bond acceptors (Lipinski definition) is 1. The maximum absolute atomic E-state index is 3.29. The van der Waals surface area contributed by atoms with E-state index in [0.717, 1.165) is 6.54 Å². The summed E-state index contributed by atoms with van der Waals surface area (Å²) in [6, 6.07) is 6.75. The number of hydrogen-bond donors (Lipinski definition) is 1. The molecule has 0 aliphatic heterocycles. The van der Waals surface area contributed by atoms with Gasteiger partial charge in [0, 0.05) is 6.54 Å². The Hall–Kier alpha value is -0.820. The molecule has 0 spiro atoms. The first-order valence-corrected chi connectivity index (χ1v) is 5.78. The SMILES string of the molecule is CNCC(c1cc(C)ccc1C)C(C)C. The molecule has 0 saturated carbocycles. The summed E-state index contributed by atoms with van der Waals surface area (Å²) in [6.07, 6.45) is 0. The Balaban J connectivity index is 3.04. The Bertz CT molecular complexity index is 315. The van der Waals surface area contributed by atoms with Crippen molar-refractivity contribution in [1.29, 1.82) is 0 Å². The molecule has 15 heavy (non-hydrogen) atoms. The fourth-order valence-electron chi connectivity index (χ4n) is 2.08. The van der Waals surface area contributed by atoms with E-state index in [9.17, 15) is 0 Å². The molecular formula is C14H23N. The van der Waals surface area contributed by atoms with Crippen LogP contribution < -0.4 is 5.32 Å². The van der Waals surface area contributed by atoms with E-state index >= 15 is 0 Å². The van der Waals surface area contributed by atoms with Gasteiger partial charge in [-0.1, -0.05) is 37.6 Å². The minimum atomic E-state index is 0.620. The molecule has 0 bridgehead atoms. The number of rotatable bonds is 4. The van der Waals surface area contributed by atoms with Crippen LogP contribution in [-0.4, -0.2) is 13.6 Å². The lowest BCUT2D eigenvalue weighted by Gasteiger charge is -2.23. The van der Waals surface area contributed by atoms with Crippen molar-refractivity contribution in [2.45, 2.75) is 33.6 Å². The first-order valence-electron chi connectivity index (χ1n) is 5.78. The Morgan fingerprint density at radius 2 is 1.87 bits per heavy atom. The van der Waals surface area contributed by atoms with E-state index in [1.807, 2.05) is 7.05 Å². The summed E-state index contributed by atoms with van der Waals surface area (Å²) < 4.78 is 0. The van der Waals surface area contributed by atoms with Gasteiger partial charge in [-0.25, -0.2) is 0 Å². The van der Waals surface area contributed by atoms with Crippen LogP contribution >= 0.6 is 0 Å². The van der Waals surface area contributed by atoms with Crippen molar-refractivity contribution in [3.05, 3.63) is 34.9 Å². The zero-order chi connectivity index (χ0) is 11.4. The van der Waals surface area contributed by atoms with Crippen molar-refractivity contribution in [1.82, 2.24) is 5.32 Å². The van der Waals surface area contributed by atoms with Gasteiger partial charge in [-0.2, -0.15) is 0 Å². The normalized spacial score (nSPS) is 13.2. The Labute approximate surface area is 93.9 Å². The summed E-state index contributed by atoms with van der Waals surface area (Å²) in [7, 11) is 2.03. The highest BCUT2D eigenvalue weighted by molar-refractivity contribution is 5.33. The molecule has 1 aromatic carbocycles. The number of nitrogens with one attached hydrogen (secondary N) is 1. The van der Waals surface area contributed by atoms with Crippen molar-refractivity contribution in [3.63, 3.8) is 0 Å². The highest BCUT2D eigenvalue weighted by Crippen LogP contribution is 2.27. The van der Waals surface area contributed by atoms with Gasteiger partial charge in [0.2, 0.25) is 0 Å². The first kappa shape index (κ1) is 12.3. The standard InChI is InChI=1S/C14H23N/c1-10(2)14(9-15-5)13-8-11(3)6-7-12(13)4/h6-8,10,14-15H,9H2,1-5H3. The number of likely N-dealkylation sites (N-methyl/N-ethyl adjacent to an activating group) is 1. The highest BCUT2D eigenvalue weighted by atomic mass is 14.8. The van der Waals surface area contributed by atoms with Crippen molar-refractivity contribution < 1.29 is 0 Å². The molecule has 1 N–H and O–H groups in total.